The standard InChI is InChI=1S/C14H11F3N2O5S/c15-14(16,17)24-12-6-4-10(5-7-12)9-18-25(22,23)13-3-1-2-11(8-13)19(20)21/h1-8,18H,9H2. The first-order valence-electron chi connectivity index (χ1n) is 6.66. The van der Waals surface area contributed by atoms with Gasteiger partial charge in [0.25, 0.3) is 5.69 Å². The van der Waals surface area contributed by atoms with Crippen LogP contribution in [0, 0.1) is 10.1 Å². The van der Waals surface area contributed by atoms with Crippen LogP contribution in [0.1, 0.15) is 5.56 Å². The molecule has 0 saturated carbocycles. The highest BCUT2D eigenvalue weighted by molar-refractivity contribution is 7.89. The summed E-state index contributed by atoms with van der Waals surface area (Å²) in [5.74, 6) is -0.433. The number of nitrogens with zero attached hydrogens (tertiary/aromatic N) is 1. The third-order valence-electron chi connectivity index (χ3n) is 2.96. The van der Waals surface area contributed by atoms with E-state index in [9.17, 15) is 31.7 Å². The fourth-order valence-corrected chi connectivity index (χ4v) is 2.89. The molecule has 0 saturated heterocycles. The Morgan fingerprint density at radius 1 is 1.12 bits per heavy atom. The van der Waals surface area contributed by atoms with Gasteiger partial charge in [-0.2, -0.15) is 0 Å². The van der Waals surface area contributed by atoms with E-state index in [-0.39, 0.29) is 17.1 Å². The van der Waals surface area contributed by atoms with Crippen LogP contribution in [0.2, 0.25) is 0 Å². The van der Waals surface area contributed by atoms with Crippen molar-refractivity contribution in [1.82, 2.24) is 4.72 Å². The van der Waals surface area contributed by atoms with Gasteiger partial charge in [0.1, 0.15) is 5.75 Å². The second kappa shape index (κ2) is 7.07. The van der Waals surface area contributed by atoms with Crippen LogP contribution in [-0.2, 0) is 16.6 Å². The normalized spacial score (nSPS) is 12.0. The number of nitro groups is 1. The molecule has 0 amide bonds. The van der Waals surface area contributed by atoms with Crippen molar-refractivity contribution in [3.05, 3.63) is 64.2 Å². The number of sulfonamides is 1. The van der Waals surface area contributed by atoms with Gasteiger partial charge in [-0.25, -0.2) is 13.1 Å². The molecule has 0 aliphatic rings. The van der Waals surface area contributed by atoms with E-state index < -0.39 is 27.1 Å². The zero-order chi connectivity index (χ0) is 18.7. The molecule has 0 atom stereocenters. The van der Waals surface area contributed by atoms with E-state index >= 15 is 0 Å². The van der Waals surface area contributed by atoms with Gasteiger partial charge in [0.05, 0.1) is 9.82 Å². The zero-order valence-corrected chi connectivity index (χ0v) is 13.2. The number of halogens is 3. The van der Waals surface area contributed by atoms with Gasteiger partial charge in [0, 0.05) is 18.7 Å². The van der Waals surface area contributed by atoms with Gasteiger partial charge in [-0.05, 0) is 23.8 Å². The third-order valence-corrected chi connectivity index (χ3v) is 4.36. The average molecular weight is 376 g/mol. The molecule has 0 heterocycles. The van der Waals surface area contributed by atoms with E-state index in [0.29, 0.717) is 5.56 Å². The van der Waals surface area contributed by atoms with E-state index in [1.165, 1.54) is 24.3 Å². The molecule has 2 rings (SSSR count). The molecule has 2 aromatic rings. The molecule has 25 heavy (non-hydrogen) atoms. The van der Waals surface area contributed by atoms with Gasteiger partial charge in [0.2, 0.25) is 10.0 Å². The molecule has 0 aliphatic carbocycles. The number of non-ortho nitro benzene ring substituents is 1. The van der Waals surface area contributed by atoms with E-state index in [4.69, 9.17) is 0 Å². The Morgan fingerprint density at radius 2 is 1.76 bits per heavy atom. The summed E-state index contributed by atoms with van der Waals surface area (Å²) in [5.41, 5.74) is 0.0000534. The van der Waals surface area contributed by atoms with Crippen molar-refractivity contribution in [3.8, 4) is 5.75 Å². The number of nitrogens with one attached hydrogen (secondary N) is 1. The number of benzene rings is 2. The lowest BCUT2D eigenvalue weighted by molar-refractivity contribution is -0.385. The minimum Gasteiger partial charge on any atom is -0.406 e. The van der Waals surface area contributed by atoms with Crippen molar-refractivity contribution < 1.29 is 31.2 Å². The average Bonchev–Trinajstić information content (AvgIpc) is 2.53. The highest BCUT2D eigenvalue weighted by Crippen LogP contribution is 2.23. The van der Waals surface area contributed by atoms with Crippen LogP contribution < -0.4 is 9.46 Å². The molecule has 7 nitrogen and oxygen atoms in total. The van der Waals surface area contributed by atoms with Crippen LogP contribution in [0.4, 0.5) is 18.9 Å². The summed E-state index contributed by atoms with van der Waals surface area (Å²) in [7, 11) is -4.02. The van der Waals surface area contributed by atoms with E-state index in [1.54, 1.807) is 0 Å². The Bertz CT molecular complexity index is 867. The maximum absolute atomic E-state index is 12.1. The first-order chi connectivity index (χ1) is 11.6. The van der Waals surface area contributed by atoms with Crippen LogP contribution in [0.5, 0.6) is 5.75 Å². The lowest BCUT2D eigenvalue weighted by atomic mass is 10.2. The van der Waals surface area contributed by atoms with Crippen molar-refractivity contribution in [1.29, 1.82) is 0 Å². The van der Waals surface area contributed by atoms with E-state index in [1.807, 2.05) is 0 Å². The lowest BCUT2D eigenvalue weighted by Gasteiger charge is -2.10. The van der Waals surface area contributed by atoms with Crippen molar-refractivity contribution >= 4 is 15.7 Å². The highest BCUT2D eigenvalue weighted by atomic mass is 32.2. The molecule has 2 aromatic carbocycles. The Morgan fingerprint density at radius 3 is 2.32 bits per heavy atom. The van der Waals surface area contributed by atoms with Crippen LogP contribution >= 0.6 is 0 Å². The topological polar surface area (TPSA) is 98.5 Å². The first kappa shape index (κ1) is 18.7. The van der Waals surface area contributed by atoms with Gasteiger partial charge in [-0.15, -0.1) is 13.2 Å². The summed E-state index contributed by atoms with van der Waals surface area (Å²) in [4.78, 5) is 9.67. The number of nitro benzene ring substituents is 1. The molecular formula is C14H11F3N2O5S. The predicted molar refractivity (Wildman–Crippen MR) is 80.2 cm³/mol. The fraction of sp³-hybridized carbons (Fsp3) is 0.143. The number of hydrogen-bond donors (Lipinski definition) is 1. The van der Waals surface area contributed by atoms with Crippen LogP contribution in [0.3, 0.4) is 0 Å². The molecule has 0 spiro atoms. The van der Waals surface area contributed by atoms with Crippen LogP contribution in [0.15, 0.2) is 53.4 Å². The van der Waals surface area contributed by atoms with Crippen molar-refractivity contribution in [3.63, 3.8) is 0 Å². The number of hydrogen-bond acceptors (Lipinski definition) is 5. The smallest absolute Gasteiger partial charge is 0.406 e. The minimum atomic E-state index is -4.81. The summed E-state index contributed by atoms with van der Waals surface area (Å²) >= 11 is 0. The lowest BCUT2D eigenvalue weighted by Crippen LogP contribution is -2.23. The molecule has 1 N–H and O–H groups in total. The Kier molecular flexibility index (Phi) is 5.28. The summed E-state index contributed by atoms with van der Waals surface area (Å²) in [6, 6.07) is 9.09. The molecule has 0 radical (unpaired) electrons. The van der Waals surface area contributed by atoms with Gasteiger partial charge < -0.3 is 4.74 Å². The molecule has 0 aliphatic heterocycles. The van der Waals surface area contributed by atoms with Gasteiger partial charge in [0.15, 0.2) is 0 Å². The second-order valence-electron chi connectivity index (χ2n) is 4.77. The largest absolute Gasteiger partial charge is 0.573 e. The number of alkyl halides is 3. The number of rotatable bonds is 6. The molecule has 0 fully saturated rings. The van der Waals surface area contributed by atoms with Gasteiger partial charge in [-0.1, -0.05) is 18.2 Å². The highest BCUT2D eigenvalue weighted by Gasteiger charge is 2.30. The second-order valence-corrected chi connectivity index (χ2v) is 6.54. The molecule has 0 unspecified atom stereocenters. The molecule has 11 heteroatoms. The van der Waals surface area contributed by atoms with Crippen molar-refractivity contribution in [2.45, 2.75) is 17.8 Å². The monoisotopic (exact) mass is 376 g/mol. The van der Waals surface area contributed by atoms with Gasteiger partial charge in [-0.3, -0.25) is 10.1 Å². The van der Waals surface area contributed by atoms with Crippen molar-refractivity contribution in [2.24, 2.45) is 0 Å². The van der Waals surface area contributed by atoms with Crippen LogP contribution in [-0.4, -0.2) is 19.7 Å². The maximum Gasteiger partial charge on any atom is 0.573 e. The van der Waals surface area contributed by atoms with E-state index in [2.05, 4.69) is 9.46 Å². The quantitative estimate of drug-likeness (QED) is 0.617. The summed E-state index contributed by atoms with van der Waals surface area (Å²) in [6.45, 7) is -0.211. The van der Waals surface area contributed by atoms with Crippen LogP contribution in [0.25, 0.3) is 0 Å². The fourth-order valence-electron chi connectivity index (χ4n) is 1.83. The van der Waals surface area contributed by atoms with Crippen molar-refractivity contribution in [2.75, 3.05) is 0 Å². The molecule has 0 aromatic heterocycles. The number of ether oxygens (including phenoxy) is 1. The SMILES string of the molecule is O=[N+]([O-])c1cccc(S(=O)(=O)NCc2ccc(OC(F)(F)F)cc2)c1. The Balaban J connectivity index is 2.07. The first-order valence-corrected chi connectivity index (χ1v) is 8.14. The predicted octanol–water partition coefficient (Wildman–Crippen LogP) is 2.97. The summed E-state index contributed by atoms with van der Waals surface area (Å²) in [5, 5.41) is 10.7. The molecular weight excluding hydrogens is 365 g/mol. The Hall–Kier alpha value is -2.66. The van der Waals surface area contributed by atoms with Gasteiger partial charge >= 0.3 is 6.36 Å². The maximum atomic E-state index is 12.1. The summed E-state index contributed by atoms with van der Waals surface area (Å²) in [6.07, 6.45) is -4.81. The molecule has 134 valence electrons. The zero-order valence-electron chi connectivity index (χ0n) is 12.4. The van der Waals surface area contributed by atoms with E-state index in [0.717, 1.165) is 24.3 Å². The minimum absolute atomic E-state index is 0.211. The summed E-state index contributed by atoms with van der Waals surface area (Å²) < 4.78 is 66.4. The third kappa shape index (κ3) is 5.43. The Labute approximate surface area is 140 Å². The molecule has 0 bridgehead atoms.